The van der Waals surface area contributed by atoms with Crippen molar-refractivity contribution in [2.75, 3.05) is 6.61 Å². The van der Waals surface area contributed by atoms with E-state index in [0.717, 1.165) is 51.6 Å². The van der Waals surface area contributed by atoms with Gasteiger partial charge >= 0.3 is 5.97 Å². The van der Waals surface area contributed by atoms with Crippen LogP contribution in [0.4, 0.5) is 0 Å². The standard InChI is InChI=1S/C29H44O6/c1-16-6-11-29(33-15-16)17(2)25-23(35-29)13-22-20-12-24(31)28(32)14-19(34-18(3)30)7-10-27(28,5)21(20)8-9-26(22,25)4/h16-17,19-23,25,32H,6-15H2,1-5H3/t16-,17+,19-,20+,21-,22-,23-,25-,26-,27+,28-,29+/m0/s1. The Morgan fingerprint density at radius 2 is 1.86 bits per heavy atom. The highest BCUT2D eigenvalue weighted by molar-refractivity contribution is 5.89. The second kappa shape index (κ2) is 7.77. The summed E-state index contributed by atoms with van der Waals surface area (Å²) >= 11 is 0. The van der Waals surface area contributed by atoms with Gasteiger partial charge in [0.05, 0.1) is 12.7 Å². The maximum atomic E-state index is 13.7. The van der Waals surface area contributed by atoms with Gasteiger partial charge in [-0.3, -0.25) is 9.59 Å². The summed E-state index contributed by atoms with van der Waals surface area (Å²) < 4.78 is 18.7. The number of rotatable bonds is 1. The van der Waals surface area contributed by atoms with Gasteiger partial charge in [0.2, 0.25) is 0 Å². The summed E-state index contributed by atoms with van der Waals surface area (Å²) in [6.45, 7) is 11.4. The van der Waals surface area contributed by atoms with Gasteiger partial charge in [0.15, 0.2) is 11.6 Å². The zero-order chi connectivity index (χ0) is 25.0. The number of ketones is 1. The van der Waals surface area contributed by atoms with Gasteiger partial charge in [0, 0.05) is 37.5 Å². The molecule has 0 aromatic carbocycles. The Morgan fingerprint density at radius 1 is 1.09 bits per heavy atom. The van der Waals surface area contributed by atoms with Crippen molar-refractivity contribution in [3.63, 3.8) is 0 Å². The van der Waals surface area contributed by atoms with Crippen molar-refractivity contribution in [3.05, 3.63) is 0 Å². The minimum absolute atomic E-state index is 0.0329. The molecule has 35 heavy (non-hydrogen) atoms. The minimum atomic E-state index is -1.39. The summed E-state index contributed by atoms with van der Waals surface area (Å²) in [5.41, 5.74) is -1.71. The van der Waals surface area contributed by atoms with Crippen LogP contribution in [0.1, 0.15) is 92.4 Å². The third kappa shape index (κ3) is 3.18. The van der Waals surface area contributed by atoms with E-state index in [-0.39, 0.29) is 35.8 Å². The first-order chi connectivity index (χ1) is 16.4. The first kappa shape index (κ1) is 24.4. The molecular formula is C29H44O6. The van der Waals surface area contributed by atoms with Crippen LogP contribution in [0.15, 0.2) is 0 Å². The third-order valence-corrected chi connectivity index (χ3v) is 12.2. The van der Waals surface area contributed by atoms with E-state index in [1.54, 1.807) is 0 Å². The number of ether oxygens (including phenoxy) is 3. The van der Waals surface area contributed by atoms with Crippen LogP contribution in [0.2, 0.25) is 0 Å². The molecule has 2 heterocycles. The second-order valence-electron chi connectivity index (χ2n) is 13.8. The van der Waals surface area contributed by atoms with Crippen LogP contribution < -0.4 is 0 Å². The number of Topliss-reactive ketones (excluding diaryl/α,β-unsaturated/α-hetero) is 1. The largest absolute Gasteiger partial charge is 0.462 e. The van der Waals surface area contributed by atoms with Gasteiger partial charge < -0.3 is 19.3 Å². The fourth-order valence-corrected chi connectivity index (χ4v) is 10.4. The van der Waals surface area contributed by atoms with E-state index in [4.69, 9.17) is 14.2 Å². The van der Waals surface area contributed by atoms with Crippen molar-refractivity contribution in [1.29, 1.82) is 0 Å². The highest BCUT2D eigenvalue weighted by Gasteiger charge is 2.72. The van der Waals surface area contributed by atoms with E-state index in [9.17, 15) is 14.7 Å². The smallest absolute Gasteiger partial charge is 0.302 e. The lowest BCUT2D eigenvalue weighted by Crippen LogP contribution is -2.67. The molecule has 0 bridgehead atoms. The van der Waals surface area contributed by atoms with Crippen molar-refractivity contribution in [3.8, 4) is 0 Å². The number of aliphatic hydroxyl groups is 1. The average molecular weight is 489 g/mol. The fourth-order valence-electron chi connectivity index (χ4n) is 10.4. The number of hydrogen-bond acceptors (Lipinski definition) is 6. The third-order valence-electron chi connectivity index (χ3n) is 12.2. The Morgan fingerprint density at radius 3 is 2.54 bits per heavy atom. The number of carbonyl (C=O) groups is 2. The molecule has 6 aliphatic rings. The second-order valence-corrected chi connectivity index (χ2v) is 13.8. The summed E-state index contributed by atoms with van der Waals surface area (Å²) in [5.74, 6) is 1.68. The molecular weight excluding hydrogens is 444 g/mol. The monoisotopic (exact) mass is 488 g/mol. The quantitative estimate of drug-likeness (QED) is 0.541. The molecule has 0 radical (unpaired) electrons. The van der Waals surface area contributed by atoms with Crippen molar-refractivity contribution in [1.82, 2.24) is 0 Å². The van der Waals surface area contributed by atoms with Crippen LogP contribution in [-0.4, -0.2) is 47.1 Å². The maximum absolute atomic E-state index is 13.7. The number of carbonyl (C=O) groups excluding carboxylic acids is 2. The first-order valence-electron chi connectivity index (χ1n) is 14.2. The van der Waals surface area contributed by atoms with Crippen molar-refractivity contribution >= 4 is 11.8 Å². The molecule has 196 valence electrons. The molecule has 4 aliphatic carbocycles. The molecule has 6 nitrogen and oxygen atoms in total. The Kier molecular flexibility index (Phi) is 5.41. The highest BCUT2D eigenvalue weighted by Crippen LogP contribution is 2.71. The highest BCUT2D eigenvalue weighted by atomic mass is 16.7. The summed E-state index contributed by atoms with van der Waals surface area (Å²) in [5, 5.41) is 11.9. The zero-order valence-electron chi connectivity index (χ0n) is 22.2. The summed E-state index contributed by atoms with van der Waals surface area (Å²) in [6.07, 6.45) is 7.30. The lowest BCUT2D eigenvalue weighted by Gasteiger charge is -2.63. The van der Waals surface area contributed by atoms with Gasteiger partial charge in [-0.1, -0.05) is 27.7 Å². The van der Waals surface area contributed by atoms with Crippen LogP contribution >= 0.6 is 0 Å². The van der Waals surface area contributed by atoms with Crippen LogP contribution in [0.25, 0.3) is 0 Å². The molecule has 0 aromatic rings. The topological polar surface area (TPSA) is 82.1 Å². The predicted molar refractivity (Wildman–Crippen MR) is 129 cm³/mol. The molecule has 12 atom stereocenters. The van der Waals surface area contributed by atoms with Gasteiger partial charge in [0.25, 0.3) is 0 Å². The number of hydrogen-bond donors (Lipinski definition) is 1. The van der Waals surface area contributed by atoms with Crippen molar-refractivity contribution < 1.29 is 28.9 Å². The van der Waals surface area contributed by atoms with Crippen molar-refractivity contribution in [2.24, 2.45) is 46.3 Å². The lowest BCUT2D eigenvalue weighted by molar-refractivity contribution is -0.273. The van der Waals surface area contributed by atoms with Crippen LogP contribution in [0, 0.1) is 46.3 Å². The minimum Gasteiger partial charge on any atom is -0.462 e. The fraction of sp³-hybridized carbons (Fsp3) is 0.931. The van der Waals surface area contributed by atoms with Gasteiger partial charge in [-0.2, -0.15) is 0 Å². The predicted octanol–water partition coefficient (Wildman–Crippen LogP) is 4.66. The van der Waals surface area contributed by atoms with Crippen LogP contribution in [-0.2, 0) is 23.8 Å². The lowest BCUT2D eigenvalue weighted by atomic mass is 9.42. The van der Waals surface area contributed by atoms with Gasteiger partial charge in [-0.05, 0) is 73.5 Å². The first-order valence-corrected chi connectivity index (χ1v) is 14.2. The molecule has 6 rings (SSSR count). The van der Waals surface area contributed by atoms with E-state index >= 15 is 0 Å². The Balaban J connectivity index is 1.26. The average Bonchev–Trinajstić information content (AvgIpc) is 3.23. The SMILES string of the molecule is CC(=O)O[C@H]1CC[C@]2(C)[C@H]3CC[C@]4(C)[C@@H]5[C@H](C[C@H]4[C@@H]3CC(=O)[C@@]2(O)C1)O[C@]1(CC[C@H](C)CO1)[C@@H]5C. The van der Waals surface area contributed by atoms with E-state index in [2.05, 4.69) is 27.7 Å². The Bertz CT molecular complexity index is 909. The van der Waals surface area contributed by atoms with Gasteiger partial charge in [-0.25, -0.2) is 0 Å². The molecule has 4 saturated carbocycles. The van der Waals surface area contributed by atoms with Crippen LogP contribution in [0.5, 0.6) is 0 Å². The molecule has 0 aromatic heterocycles. The van der Waals surface area contributed by atoms with Crippen molar-refractivity contribution in [2.45, 2.75) is 116 Å². The Labute approximate surface area is 209 Å². The summed E-state index contributed by atoms with van der Waals surface area (Å²) in [6, 6.07) is 0. The molecule has 2 aliphatic heterocycles. The Hall–Kier alpha value is -0.980. The molecule has 6 heteroatoms. The van der Waals surface area contributed by atoms with Gasteiger partial charge in [-0.15, -0.1) is 0 Å². The maximum Gasteiger partial charge on any atom is 0.302 e. The van der Waals surface area contributed by atoms with E-state index in [1.165, 1.54) is 6.92 Å². The normalized spacial score (nSPS) is 57.3. The van der Waals surface area contributed by atoms with E-state index in [0.29, 0.717) is 41.9 Å². The molecule has 6 fully saturated rings. The summed E-state index contributed by atoms with van der Waals surface area (Å²) in [4.78, 5) is 25.2. The zero-order valence-corrected chi connectivity index (χ0v) is 22.2. The number of fused-ring (bicyclic) bond motifs is 7. The van der Waals surface area contributed by atoms with E-state index in [1.807, 2.05) is 0 Å². The molecule has 0 amide bonds. The molecule has 1 spiro atoms. The molecule has 0 unspecified atom stereocenters. The summed E-state index contributed by atoms with van der Waals surface area (Å²) in [7, 11) is 0. The van der Waals surface area contributed by atoms with Gasteiger partial charge in [0.1, 0.15) is 11.7 Å². The number of esters is 1. The molecule has 2 saturated heterocycles. The van der Waals surface area contributed by atoms with E-state index < -0.39 is 16.8 Å². The van der Waals surface area contributed by atoms with Crippen LogP contribution in [0.3, 0.4) is 0 Å². The molecule has 1 N–H and O–H groups in total.